The number of methoxy groups -OCH3 is 1. The van der Waals surface area contributed by atoms with Crippen LogP contribution in [0.15, 0.2) is 12.0 Å². The smallest absolute Gasteiger partial charge is 0.419 e. The van der Waals surface area contributed by atoms with Crippen molar-refractivity contribution in [1.29, 1.82) is 0 Å². The molecular formula is C15H17F2NO4. The van der Waals surface area contributed by atoms with E-state index in [1.165, 1.54) is 13.3 Å². The summed E-state index contributed by atoms with van der Waals surface area (Å²) in [6.07, 6.45) is -0.866. The first-order valence-electron chi connectivity index (χ1n) is 6.71. The lowest BCUT2D eigenvalue weighted by Gasteiger charge is -2.21. The fraction of sp³-hybridized carbons (Fsp3) is 0.467. The summed E-state index contributed by atoms with van der Waals surface area (Å²) in [4.78, 5) is 24.0. The first-order chi connectivity index (χ1) is 10.1. The summed E-state index contributed by atoms with van der Waals surface area (Å²) in [7, 11) is 1.17. The largest absolute Gasteiger partial charge is 0.465 e. The Kier molecular flexibility index (Phi) is 4.08. The number of allylic oxidation sites excluding steroid dienone is 1. The molecule has 0 saturated heterocycles. The van der Waals surface area contributed by atoms with Crippen LogP contribution in [0.1, 0.15) is 42.4 Å². The predicted molar refractivity (Wildman–Crippen MR) is 75.1 cm³/mol. The van der Waals surface area contributed by atoms with Gasteiger partial charge in [-0.05, 0) is 32.4 Å². The van der Waals surface area contributed by atoms with Crippen molar-refractivity contribution < 1.29 is 27.8 Å². The van der Waals surface area contributed by atoms with Crippen LogP contribution in [0.5, 0.6) is 0 Å². The number of esters is 1. The van der Waals surface area contributed by atoms with Crippen LogP contribution in [-0.4, -0.2) is 35.5 Å². The second-order valence-corrected chi connectivity index (χ2v) is 5.95. The number of carbonyl (C=O) groups excluding carboxylic acids is 2. The molecule has 1 atom stereocenters. The molecule has 1 heterocycles. The molecule has 0 aliphatic heterocycles. The standard InChI is InChI=1S/C15H17F2NO4/c1-15(2,3)22-14(20)18-7-9(13(19)21-4)8-5-10(16)11(17)6-12(8)18/h6-7,10H,5H2,1-4H3/t10-/m1/s1. The second-order valence-electron chi connectivity index (χ2n) is 5.95. The second kappa shape index (κ2) is 5.55. The predicted octanol–water partition coefficient (Wildman–Crippen LogP) is 3.26. The van der Waals surface area contributed by atoms with Crippen LogP contribution >= 0.6 is 0 Å². The molecule has 5 nitrogen and oxygen atoms in total. The molecule has 0 saturated carbocycles. The first kappa shape index (κ1) is 16.2. The quantitative estimate of drug-likeness (QED) is 0.747. The molecule has 22 heavy (non-hydrogen) atoms. The summed E-state index contributed by atoms with van der Waals surface area (Å²) in [6, 6.07) is 0. The molecule has 0 N–H and O–H groups in total. The molecule has 0 fully saturated rings. The minimum absolute atomic E-state index is 0.0229. The molecular weight excluding hydrogens is 296 g/mol. The van der Waals surface area contributed by atoms with E-state index in [9.17, 15) is 18.4 Å². The van der Waals surface area contributed by atoms with Gasteiger partial charge in [0.2, 0.25) is 0 Å². The number of hydrogen-bond donors (Lipinski definition) is 0. The fourth-order valence-corrected chi connectivity index (χ4v) is 2.18. The SMILES string of the molecule is COC(=O)c1cn(C(=O)OC(C)(C)C)c2c1C[C@@H](F)C(F)=C2. The van der Waals surface area contributed by atoms with Crippen LogP contribution in [0, 0.1) is 0 Å². The average Bonchev–Trinajstić information content (AvgIpc) is 2.75. The van der Waals surface area contributed by atoms with Gasteiger partial charge in [0, 0.05) is 12.6 Å². The summed E-state index contributed by atoms with van der Waals surface area (Å²) < 4.78 is 37.9. The van der Waals surface area contributed by atoms with E-state index in [0.717, 1.165) is 10.6 Å². The first-order valence-corrected chi connectivity index (χ1v) is 6.71. The van der Waals surface area contributed by atoms with Crippen LogP contribution in [0.25, 0.3) is 6.08 Å². The van der Waals surface area contributed by atoms with Gasteiger partial charge in [-0.1, -0.05) is 0 Å². The van der Waals surface area contributed by atoms with Gasteiger partial charge >= 0.3 is 12.1 Å². The van der Waals surface area contributed by atoms with Gasteiger partial charge in [0.1, 0.15) is 11.4 Å². The number of fused-ring (bicyclic) bond motifs is 1. The topological polar surface area (TPSA) is 57.5 Å². The number of nitrogens with zero attached hydrogens (tertiary/aromatic N) is 1. The monoisotopic (exact) mass is 313 g/mol. The average molecular weight is 313 g/mol. The van der Waals surface area contributed by atoms with E-state index in [-0.39, 0.29) is 23.2 Å². The lowest BCUT2D eigenvalue weighted by molar-refractivity contribution is 0.0536. The molecule has 7 heteroatoms. The van der Waals surface area contributed by atoms with E-state index in [1.807, 2.05) is 0 Å². The Morgan fingerprint density at radius 3 is 2.55 bits per heavy atom. The van der Waals surface area contributed by atoms with Crippen molar-refractivity contribution in [2.45, 2.75) is 39.0 Å². The minimum Gasteiger partial charge on any atom is -0.465 e. The number of alkyl halides is 1. The van der Waals surface area contributed by atoms with Crippen molar-refractivity contribution >= 4 is 18.1 Å². The van der Waals surface area contributed by atoms with Gasteiger partial charge in [-0.25, -0.2) is 18.4 Å². The van der Waals surface area contributed by atoms with Gasteiger partial charge in [0.05, 0.1) is 18.4 Å². The lowest BCUT2D eigenvalue weighted by Crippen LogP contribution is -2.27. The van der Waals surface area contributed by atoms with Crippen molar-refractivity contribution in [1.82, 2.24) is 4.57 Å². The zero-order valence-electron chi connectivity index (χ0n) is 12.8. The number of aromatic nitrogens is 1. The fourth-order valence-electron chi connectivity index (χ4n) is 2.18. The number of carbonyl (C=O) groups is 2. The molecule has 0 bridgehead atoms. The van der Waals surface area contributed by atoms with E-state index in [4.69, 9.17) is 4.74 Å². The maximum absolute atomic E-state index is 13.6. The van der Waals surface area contributed by atoms with Crippen LogP contribution < -0.4 is 0 Å². The third kappa shape index (κ3) is 3.03. The molecule has 0 spiro atoms. The molecule has 1 aromatic heterocycles. The summed E-state index contributed by atoms with van der Waals surface area (Å²) in [6.45, 7) is 5.03. The molecule has 0 aromatic carbocycles. The van der Waals surface area contributed by atoms with Gasteiger partial charge in [0.25, 0.3) is 0 Å². The minimum atomic E-state index is -1.84. The Bertz CT molecular complexity index is 655. The van der Waals surface area contributed by atoms with Crippen LogP contribution in [0.3, 0.4) is 0 Å². The normalized spacial score (nSPS) is 17.5. The van der Waals surface area contributed by atoms with Gasteiger partial charge in [-0.15, -0.1) is 0 Å². The zero-order valence-corrected chi connectivity index (χ0v) is 12.8. The van der Waals surface area contributed by atoms with Gasteiger partial charge in [-0.3, -0.25) is 4.57 Å². The highest BCUT2D eigenvalue weighted by Gasteiger charge is 2.32. The highest BCUT2D eigenvalue weighted by atomic mass is 19.2. The highest BCUT2D eigenvalue weighted by Crippen LogP contribution is 2.31. The van der Waals surface area contributed by atoms with Gasteiger partial charge in [-0.2, -0.15) is 0 Å². The Balaban J connectivity index is 2.54. The lowest BCUT2D eigenvalue weighted by atomic mass is 9.98. The van der Waals surface area contributed by atoms with Crippen molar-refractivity contribution in [2.24, 2.45) is 0 Å². The molecule has 0 unspecified atom stereocenters. The van der Waals surface area contributed by atoms with Gasteiger partial charge in [0.15, 0.2) is 6.17 Å². The summed E-state index contributed by atoms with van der Waals surface area (Å²) in [5.74, 6) is -1.71. The summed E-state index contributed by atoms with van der Waals surface area (Å²) in [5.41, 5.74) is -0.415. The van der Waals surface area contributed by atoms with E-state index < -0.39 is 29.7 Å². The third-order valence-corrected chi connectivity index (χ3v) is 3.10. The van der Waals surface area contributed by atoms with Crippen LogP contribution in [-0.2, 0) is 15.9 Å². The van der Waals surface area contributed by atoms with Crippen molar-refractivity contribution in [3.63, 3.8) is 0 Å². The maximum atomic E-state index is 13.6. The third-order valence-electron chi connectivity index (χ3n) is 3.10. The molecule has 0 radical (unpaired) electrons. The van der Waals surface area contributed by atoms with Crippen LogP contribution in [0.2, 0.25) is 0 Å². The molecule has 1 aromatic rings. The Morgan fingerprint density at radius 1 is 1.36 bits per heavy atom. The Hall–Kier alpha value is -2.18. The van der Waals surface area contributed by atoms with E-state index in [2.05, 4.69) is 4.74 Å². The zero-order chi connectivity index (χ0) is 16.7. The number of halogens is 2. The Morgan fingerprint density at radius 2 is 2.00 bits per heavy atom. The molecule has 120 valence electrons. The molecule has 2 rings (SSSR count). The summed E-state index contributed by atoms with van der Waals surface area (Å²) in [5, 5.41) is 0. The number of rotatable bonds is 1. The van der Waals surface area contributed by atoms with Crippen molar-refractivity contribution in [3.05, 3.63) is 28.8 Å². The molecule has 1 aliphatic carbocycles. The van der Waals surface area contributed by atoms with E-state index >= 15 is 0 Å². The molecule has 0 amide bonds. The van der Waals surface area contributed by atoms with Gasteiger partial charge < -0.3 is 9.47 Å². The molecule has 1 aliphatic rings. The van der Waals surface area contributed by atoms with Crippen LogP contribution in [0.4, 0.5) is 13.6 Å². The van der Waals surface area contributed by atoms with Crippen molar-refractivity contribution in [2.75, 3.05) is 7.11 Å². The summed E-state index contributed by atoms with van der Waals surface area (Å²) >= 11 is 0. The Labute approximate surface area is 126 Å². The maximum Gasteiger partial charge on any atom is 0.419 e. The van der Waals surface area contributed by atoms with E-state index in [0.29, 0.717) is 0 Å². The van der Waals surface area contributed by atoms with E-state index in [1.54, 1.807) is 20.8 Å². The number of hydrogen-bond acceptors (Lipinski definition) is 4. The highest BCUT2D eigenvalue weighted by molar-refractivity contribution is 5.94. The van der Waals surface area contributed by atoms with Crippen molar-refractivity contribution in [3.8, 4) is 0 Å². The number of ether oxygens (including phenoxy) is 2.